The van der Waals surface area contributed by atoms with Gasteiger partial charge in [-0.3, -0.25) is 19.7 Å². The van der Waals surface area contributed by atoms with Crippen LogP contribution in [-0.4, -0.2) is 22.7 Å². The smallest absolute Gasteiger partial charge is 0.283 e. The van der Waals surface area contributed by atoms with Gasteiger partial charge in [0.2, 0.25) is 0 Å². The molecule has 172 valence electrons. The predicted molar refractivity (Wildman–Crippen MR) is 137 cm³/mol. The molecule has 0 saturated heterocycles. The van der Waals surface area contributed by atoms with Gasteiger partial charge in [-0.25, -0.2) is 9.88 Å². The molecule has 0 fully saturated rings. The summed E-state index contributed by atoms with van der Waals surface area (Å²) in [5, 5.41) is 7.82. The van der Waals surface area contributed by atoms with Gasteiger partial charge >= 0.3 is 0 Å². The molecule has 3 amide bonds. The number of hydrogen-bond acceptors (Lipinski definition) is 6. The van der Waals surface area contributed by atoms with Gasteiger partial charge in [-0.1, -0.05) is 66.2 Å². The first kappa shape index (κ1) is 22.5. The molecule has 2 heterocycles. The Hall–Kier alpha value is -4.27. The maximum absolute atomic E-state index is 12.9. The highest BCUT2D eigenvalue weighted by molar-refractivity contribution is 7.14. The van der Waals surface area contributed by atoms with E-state index in [-0.39, 0.29) is 16.6 Å². The fourth-order valence-electron chi connectivity index (χ4n) is 3.55. The maximum Gasteiger partial charge on any atom is 0.283 e. The average molecular weight is 501 g/mol. The highest BCUT2D eigenvalue weighted by Gasteiger charge is 2.38. The van der Waals surface area contributed by atoms with Crippen molar-refractivity contribution in [1.82, 2.24) is 4.98 Å². The second kappa shape index (κ2) is 9.54. The molecule has 0 unspecified atom stereocenters. The van der Waals surface area contributed by atoms with Crippen molar-refractivity contribution in [3.8, 4) is 11.3 Å². The van der Waals surface area contributed by atoms with E-state index in [1.54, 1.807) is 54.6 Å². The van der Waals surface area contributed by atoms with Crippen molar-refractivity contribution >= 4 is 57.2 Å². The number of thiazole rings is 1. The molecule has 2 N–H and O–H groups in total. The van der Waals surface area contributed by atoms with Gasteiger partial charge in [-0.05, 0) is 30.3 Å². The van der Waals surface area contributed by atoms with E-state index in [9.17, 15) is 14.4 Å². The number of nitrogens with one attached hydrogen (secondary N) is 2. The van der Waals surface area contributed by atoms with Gasteiger partial charge in [0.25, 0.3) is 17.7 Å². The number of rotatable bonds is 6. The summed E-state index contributed by atoms with van der Waals surface area (Å²) in [6, 6.07) is 24.8. The first-order valence-electron chi connectivity index (χ1n) is 10.5. The summed E-state index contributed by atoms with van der Waals surface area (Å²) in [7, 11) is 0. The number of anilines is 3. The summed E-state index contributed by atoms with van der Waals surface area (Å²) >= 11 is 7.52. The van der Waals surface area contributed by atoms with Crippen LogP contribution >= 0.6 is 22.9 Å². The lowest BCUT2D eigenvalue weighted by Gasteiger charge is -2.15. The number of halogens is 1. The third-order valence-electron chi connectivity index (χ3n) is 5.23. The van der Waals surface area contributed by atoms with Gasteiger partial charge in [0.1, 0.15) is 10.7 Å². The molecule has 9 heteroatoms. The number of nitrogens with zero attached hydrogens (tertiary/aromatic N) is 2. The van der Waals surface area contributed by atoms with Crippen molar-refractivity contribution in [1.29, 1.82) is 0 Å². The topological polar surface area (TPSA) is 91.4 Å². The minimum atomic E-state index is -0.614. The molecule has 0 bridgehead atoms. The van der Waals surface area contributed by atoms with E-state index in [2.05, 4.69) is 15.6 Å². The van der Waals surface area contributed by atoms with Crippen LogP contribution in [0.1, 0.15) is 10.4 Å². The Morgan fingerprint density at radius 1 is 0.886 bits per heavy atom. The van der Waals surface area contributed by atoms with Crippen LogP contribution in [0.3, 0.4) is 0 Å². The summed E-state index contributed by atoms with van der Waals surface area (Å²) in [6.45, 7) is 0. The van der Waals surface area contributed by atoms with Crippen LogP contribution in [0, 0.1) is 0 Å². The number of carbonyl (C=O) groups is 3. The van der Waals surface area contributed by atoms with Crippen LogP contribution in [0.15, 0.2) is 101 Å². The van der Waals surface area contributed by atoms with E-state index in [0.29, 0.717) is 22.1 Å². The molecule has 35 heavy (non-hydrogen) atoms. The van der Waals surface area contributed by atoms with Crippen LogP contribution < -0.4 is 15.5 Å². The number of carbonyl (C=O) groups excluding carboxylic acids is 3. The van der Waals surface area contributed by atoms with E-state index in [4.69, 9.17) is 11.6 Å². The first-order chi connectivity index (χ1) is 17.0. The number of para-hydroxylation sites is 1. The Kier molecular flexibility index (Phi) is 6.13. The molecule has 0 saturated carbocycles. The molecule has 1 aliphatic rings. The number of amides is 3. The van der Waals surface area contributed by atoms with Crippen molar-refractivity contribution in [2.24, 2.45) is 0 Å². The van der Waals surface area contributed by atoms with Crippen molar-refractivity contribution < 1.29 is 14.4 Å². The first-order valence-corrected chi connectivity index (χ1v) is 11.8. The van der Waals surface area contributed by atoms with Gasteiger partial charge in [-0.15, -0.1) is 11.3 Å². The number of hydrogen-bond donors (Lipinski definition) is 2. The minimum absolute atomic E-state index is 0.0505. The number of benzene rings is 3. The second-order valence-electron chi connectivity index (χ2n) is 7.53. The number of imide groups is 1. The highest BCUT2D eigenvalue weighted by atomic mass is 35.5. The third-order valence-corrected chi connectivity index (χ3v) is 6.34. The lowest BCUT2D eigenvalue weighted by molar-refractivity contribution is -0.120. The van der Waals surface area contributed by atoms with E-state index in [1.807, 2.05) is 35.7 Å². The van der Waals surface area contributed by atoms with E-state index in [1.165, 1.54) is 11.3 Å². The standard InChI is InChI=1S/C26H17ClN4O3S/c27-21-22(25(34)31(24(21)33)19-12-5-2-6-13-19)28-18-11-7-10-17(14-18)23(32)30-26-29-20(15-35-26)16-8-3-1-4-9-16/h1-15,28H,(H,29,30,32). The third kappa shape index (κ3) is 4.57. The fourth-order valence-corrected chi connectivity index (χ4v) is 4.47. The Labute approximate surface area is 209 Å². The molecule has 0 aliphatic carbocycles. The molecule has 5 rings (SSSR count). The predicted octanol–water partition coefficient (Wildman–Crippen LogP) is 5.50. The minimum Gasteiger partial charge on any atom is -0.350 e. The zero-order chi connectivity index (χ0) is 24.4. The molecular weight excluding hydrogens is 484 g/mol. The van der Waals surface area contributed by atoms with Crippen molar-refractivity contribution in [3.63, 3.8) is 0 Å². The summed E-state index contributed by atoms with van der Waals surface area (Å²) in [4.78, 5) is 43.8. The molecule has 0 atom stereocenters. The van der Waals surface area contributed by atoms with Crippen LogP contribution in [0.25, 0.3) is 11.3 Å². The van der Waals surface area contributed by atoms with Gasteiger partial charge in [0.15, 0.2) is 5.13 Å². The van der Waals surface area contributed by atoms with Crippen molar-refractivity contribution in [2.75, 3.05) is 15.5 Å². The Bertz CT molecular complexity index is 1470. The van der Waals surface area contributed by atoms with Crippen molar-refractivity contribution in [3.05, 3.63) is 107 Å². The van der Waals surface area contributed by atoms with E-state index >= 15 is 0 Å². The zero-order valence-corrected chi connectivity index (χ0v) is 19.6. The average Bonchev–Trinajstić information content (AvgIpc) is 3.44. The number of aromatic nitrogens is 1. The van der Waals surface area contributed by atoms with E-state index in [0.717, 1.165) is 16.2 Å². The van der Waals surface area contributed by atoms with Crippen LogP contribution in [-0.2, 0) is 9.59 Å². The molecule has 7 nitrogen and oxygen atoms in total. The Morgan fingerprint density at radius 3 is 2.34 bits per heavy atom. The lowest BCUT2D eigenvalue weighted by atomic mass is 10.2. The van der Waals surface area contributed by atoms with Crippen molar-refractivity contribution in [2.45, 2.75) is 0 Å². The summed E-state index contributed by atoms with van der Waals surface area (Å²) in [6.07, 6.45) is 0. The quantitative estimate of drug-likeness (QED) is 0.341. The molecular formula is C26H17ClN4O3S. The Morgan fingerprint density at radius 2 is 1.60 bits per heavy atom. The second-order valence-corrected chi connectivity index (χ2v) is 8.77. The summed E-state index contributed by atoms with van der Waals surface area (Å²) in [5.41, 5.74) is 2.89. The SMILES string of the molecule is O=C(Nc1nc(-c2ccccc2)cs1)c1cccc(NC2=C(Cl)C(=O)N(c3ccccc3)C2=O)c1. The maximum atomic E-state index is 12.9. The summed E-state index contributed by atoms with van der Waals surface area (Å²) in [5.74, 6) is -1.54. The normalized spacial score (nSPS) is 13.3. The van der Waals surface area contributed by atoms with Crippen LogP contribution in [0.5, 0.6) is 0 Å². The lowest BCUT2D eigenvalue weighted by Crippen LogP contribution is -2.32. The molecule has 1 aromatic heterocycles. The van der Waals surface area contributed by atoms with E-state index < -0.39 is 11.8 Å². The van der Waals surface area contributed by atoms with Gasteiger partial charge in [0, 0.05) is 22.2 Å². The van der Waals surface area contributed by atoms with Crippen LogP contribution in [0.2, 0.25) is 0 Å². The largest absolute Gasteiger partial charge is 0.350 e. The highest BCUT2D eigenvalue weighted by Crippen LogP contribution is 2.30. The van der Waals surface area contributed by atoms with Gasteiger partial charge in [0.05, 0.1) is 11.4 Å². The molecule has 1 aliphatic heterocycles. The molecule has 4 aromatic rings. The molecule has 0 radical (unpaired) electrons. The van der Waals surface area contributed by atoms with Gasteiger partial charge < -0.3 is 5.32 Å². The Balaban J connectivity index is 1.31. The van der Waals surface area contributed by atoms with Crippen LogP contribution in [0.4, 0.5) is 16.5 Å². The monoisotopic (exact) mass is 500 g/mol. The molecule has 0 spiro atoms. The molecule has 3 aromatic carbocycles. The van der Waals surface area contributed by atoms with Gasteiger partial charge in [-0.2, -0.15) is 0 Å². The summed E-state index contributed by atoms with van der Waals surface area (Å²) < 4.78 is 0. The fraction of sp³-hybridized carbons (Fsp3) is 0. The zero-order valence-electron chi connectivity index (χ0n) is 18.1.